The Bertz CT molecular complexity index is 841. The number of aromatic nitrogens is 1. The average Bonchev–Trinajstić information content (AvgIpc) is 2.84. The number of primary amides is 1. The molecular formula is C18H22N4O3. The Morgan fingerprint density at radius 1 is 1.28 bits per heavy atom. The molecule has 2 aromatic rings. The Kier molecular flexibility index (Phi) is 4.39. The van der Waals surface area contributed by atoms with Crippen LogP contribution in [0.2, 0.25) is 0 Å². The number of amides is 3. The molecule has 3 amide bonds. The first kappa shape index (κ1) is 16.9. The van der Waals surface area contributed by atoms with E-state index in [0.717, 1.165) is 22.6 Å². The Labute approximate surface area is 146 Å². The number of hydrogen-bond donors (Lipinski definition) is 3. The molecule has 132 valence electrons. The van der Waals surface area contributed by atoms with Crippen LogP contribution in [0.25, 0.3) is 0 Å². The first-order valence-electron chi connectivity index (χ1n) is 8.17. The van der Waals surface area contributed by atoms with Crippen LogP contribution >= 0.6 is 0 Å². The smallest absolute Gasteiger partial charge is 0.331 e. The number of aryl methyl sites for hydroxylation is 2. The second-order valence-corrected chi connectivity index (χ2v) is 6.25. The van der Waals surface area contributed by atoms with Crippen molar-refractivity contribution < 1.29 is 14.3 Å². The third kappa shape index (κ3) is 3.17. The van der Waals surface area contributed by atoms with E-state index < -0.39 is 6.03 Å². The third-order valence-electron chi connectivity index (χ3n) is 4.47. The Morgan fingerprint density at radius 2 is 2.04 bits per heavy atom. The van der Waals surface area contributed by atoms with Crippen LogP contribution in [0.4, 0.5) is 4.79 Å². The molecule has 3 rings (SSSR count). The molecule has 1 aliphatic heterocycles. The van der Waals surface area contributed by atoms with Gasteiger partial charge in [0.1, 0.15) is 5.75 Å². The van der Waals surface area contributed by atoms with Crippen molar-refractivity contribution in [2.45, 2.75) is 33.2 Å². The number of urea groups is 1. The van der Waals surface area contributed by atoms with Crippen molar-refractivity contribution >= 4 is 11.9 Å². The van der Waals surface area contributed by atoms with Crippen LogP contribution < -0.4 is 21.2 Å². The van der Waals surface area contributed by atoms with Gasteiger partial charge in [0.05, 0.1) is 18.2 Å². The molecule has 7 nitrogen and oxygen atoms in total. The van der Waals surface area contributed by atoms with Crippen LogP contribution in [-0.4, -0.2) is 23.2 Å². The number of nitrogens with one attached hydrogen (secondary N) is 2. The number of para-hydroxylation sites is 1. The Morgan fingerprint density at radius 3 is 2.76 bits per heavy atom. The van der Waals surface area contributed by atoms with Crippen molar-refractivity contribution in [3.63, 3.8) is 0 Å². The molecule has 7 heteroatoms. The van der Waals surface area contributed by atoms with Crippen LogP contribution in [0, 0.1) is 20.8 Å². The molecule has 1 aromatic carbocycles. The summed E-state index contributed by atoms with van der Waals surface area (Å²) in [4.78, 5) is 23.9. The largest absolute Gasteiger partial charge is 0.493 e. The van der Waals surface area contributed by atoms with Crippen LogP contribution in [0.3, 0.4) is 0 Å². The molecule has 0 radical (unpaired) electrons. The van der Waals surface area contributed by atoms with E-state index >= 15 is 0 Å². The molecule has 1 atom stereocenters. The van der Waals surface area contributed by atoms with E-state index in [2.05, 4.69) is 10.7 Å². The maximum Gasteiger partial charge on any atom is 0.331 e. The summed E-state index contributed by atoms with van der Waals surface area (Å²) in [5.74, 6) is 0.657. The topological polar surface area (TPSA) is 98.4 Å². The zero-order chi connectivity index (χ0) is 18.1. The number of nitrogens with zero attached hydrogens (tertiary/aromatic N) is 1. The van der Waals surface area contributed by atoms with Gasteiger partial charge >= 0.3 is 6.03 Å². The monoisotopic (exact) mass is 342 g/mol. The molecule has 1 aliphatic rings. The molecule has 1 unspecified atom stereocenters. The maximum atomic E-state index is 12.8. The van der Waals surface area contributed by atoms with E-state index in [1.165, 1.54) is 4.68 Å². The van der Waals surface area contributed by atoms with E-state index in [-0.39, 0.29) is 11.9 Å². The minimum atomic E-state index is -0.678. The van der Waals surface area contributed by atoms with Crippen molar-refractivity contribution in [1.29, 1.82) is 0 Å². The Hall–Kier alpha value is -2.96. The number of nitrogens with two attached hydrogens (primary N) is 1. The zero-order valence-corrected chi connectivity index (χ0v) is 14.6. The van der Waals surface area contributed by atoms with Gasteiger partial charge in [-0.2, -0.15) is 0 Å². The molecule has 0 fully saturated rings. The fourth-order valence-corrected chi connectivity index (χ4v) is 3.24. The standard InChI is InChI=1S/C18H22N4O3/c1-10-5-4-6-13-15(7-8-25-16(10)13)20-17(23)14-9-11(2)22(12(14)3)21-18(19)24/h4-6,9,15H,7-8H2,1-3H3,(H,20,23)(H3,19,21,24). The summed E-state index contributed by atoms with van der Waals surface area (Å²) in [6.07, 6.45) is 0.709. The van der Waals surface area contributed by atoms with Crippen molar-refractivity contribution in [2.24, 2.45) is 5.73 Å². The predicted octanol–water partition coefficient (Wildman–Crippen LogP) is 2.29. The van der Waals surface area contributed by atoms with Crippen molar-refractivity contribution in [2.75, 3.05) is 12.0 Å². The van der Waals surface area contributed by atoms with E-state index in [4.69, 9.17) is 10.5 Å². The summed E-state index contributed by atoms with van der Waals surface area (Å²) in [7, 11) is 0. The molecular weight excluding hydrogens is 320 g/mol. The van der Waals surface area contributed by atoms with E-state index in [9.17, 15) is 9.59 Å². The molecule has 4 N–H and O–H groups in total. The second-order valence-electron chi connectivity index (χ2n) is 6.25. The van der Waals surface area contributed by atoms with Gasteiger partial charge in [0.2, 0.25) is 0 Å². The lowest BCUT2D eigenvalue weighted by Crippen LogP contribution is -2.33. The fourth-order valence-electron chi connectivity index (χ4n) is 3.24. The predicted molar refractivity (Wildman–Crippen MR) is 94.3 cm³/mol. The van der Waals surface area contributed by atoms with Gasteiger partial charge < -0.3 is 15.8 Å². The number of ether oxygens (including phenoxy) is 1. The molecule has 0 aliphatic carbocycles. The zero-order valence-electron chi connectivity index (χ0n) is 14.6. The first-order chi connectivity index (χ1) is 11.9. The number of hydrogen-bond acceptors (Lipinski definition) is 3. The van der Waals surface area contributed by atoms with Gasteiger partial charge in [-0.05, 0) is 32.4 Å². The van der Waals surface area contributed by atoms with Crippen LogP contribution in [0.5, 0.6) is 5.75 Å². The van der Waals surface area contributed by atoms with Gasteiger partial charge in [-0.1, -0.05) is 18.2 Å². The fraction of sp³-hybridized carbons (Fsp3) is 0.333. The summed E-state index contributed by atoms with van der Waals surface area (Å²) >= 11 is 0. The quantitative estimate of drug-likeness (QED) is 0.798. The van der Waals surface area contributed by atoms with Crippen LogP contribution in [0.1, 0.15) is 45.3 Å². The number of carbonyl (C=O) groups is 2. The normalized spacial score (nSPS) is 15.9. The summed E-state index contributed by atoms with van der Waals surface area (Å²) in [6, 6.07) is 6.88. The highest BCUT2D eigenvalue weighted by molar-refractivity contribution is 5.96. The molecule has 25 heavy (non-hydrogen) atoms. The lowest BCUT2D eigenvalue weighted by Gasteiger charge is -2.27. The lowest BCUT2D eigenvalue weighted by molar-refractivity contribution is 0.0924. The molecule has 2 heterocycles. The Balaban J connectivity index is 1.85. The third-order valence-corrected chi connectivity index (χ3v) is 4.47. The molecule has 0 saturated heterocycles. The summed E-state index contributed by atoms with van der Waals surface area (Å²) in [6.45, 7) is 6.12. The number of rotatable bonds is 3. The maximum absolute atomic E-state index is 12.8. The molecule has 0 spiro atoms. The first-order valence-corrected chi connectivity index (χ1v) is 8.17. The summed E-state index contributed by atoms with van der Waals surface area (Å²) in [5, 5.41) is 3.08. The van der Waals surface area contributed by atoms with Crippen LogP contribution in [0.15, 0.2) is 24.3 Å². The van der Waals surface area contributed by atoms with Gasteiger partial charge in [-0.15, -0.1) is 0 Å². The molecule has 0 bridgehead atoms. The number of fused-ring (bicyclic) bond motifs is 1. The SMILES string of the molecule is Cc1cccc2c1OCCC2NC(=O)c1cc(C)n(NC(N)=O)c1C. The van der Waals surface area contributed by atoms with E-state index in [1.807, 2.05) is 25.1 Å². The van der Waals surface area contributed by atoms with Gasteiger partial charge in [-0.25, -0.2) is 10.2 Å². The van der Waals surface area contributed by atoms with E-state index in [0.29, 0.717) is 24.3 Å². The minimum absolute atomic E-state index is 0.108. The number of carbonyl (C=O) groups excluding carboxylic acids is 2. The summed E-state index contributed by atoms with van der Waals surface area (Å²) in [5.41, 5.74) is 11.6. The average molecular weight is 342 g/mol. The second kappa shape index (κ2) is 6.51. The molecule has 1 aromatic heterocycles. The minimum Gasteiger partial charge on any atom is -0.493 e. The van der Waals surface area contributed by atoms with Crippen molar-refractivity contribution in [3.05, 3.63) is 52.3 Å². The van der Waals surface area contributed by atoms with Gasteiger partial charge in [0.25, 0.3) is 5.91 Å². The van der Waals surface area contributed by atoms with Crippen LogP contribution in [-0.2, 0) is 0 Å². The van der Waals surface area contributed by atoms with Crippen molar-refractivity contribution in [1.82, 2.24) is 9.99 Å². The number of benzene rings is 1. The summed E-state index contributed by atoms with van der Waals surface area (Å²) < 4.78 is 7.26. The highest BCUT2D eigenvalue weighted by Crippen LogP contribution is 2.34. The lowest BCUT2D eigenvalue weighted by atomic mass is 9.97. The van der Waals surface area contributed by atoms with Gasteiger partial charge in [0.15, 0.2) is 0 Å². The highest BCUT2D eigenvalue weighted by atomic mass is 16.5. The van der Waals surface area contributed by atoms with E-state index in [1.54, 1.807) is 19.9 Å². The van der Waals surface area contributed by atoms with Gasteiger partial charge in [0, 0.05) is 23.4 Å². The van der Waals surface area contributed by atoms with Gasteiger partial charge in [-0.3, -0.25) is 9.47 Å². The van der Waals surface area contributed by atoms with Crippen molar-refractivity contribution in [3.8, 4) is 5.75 Å². The highest BCUT2D eigenvalue weighted by Gasteiger charge is 2.26. The molecule has 0 saturated carbocycles.